The molecule has 1 unspecified atom stereocenters. The number of nitriles is 1. The quantitative estimate of drug-likeness (QED) is 0.556. The summed E-state index contributed by atoms with van der Waals surface area (Å²) in [6.45, 7) is 6.23. The van der Waals surface area contributed by atoms with Gasteiger partial charge in [-0.1, -0.05) is 31.2 Å². The van der Waals surface area contributed by atoms with Crippen LogP contribution in [0.1, 0.15) is 30.9 Å². The van der Waals surface area contributed by atoms with Crippen molar-refractivity contribution in [2.45, 2.75) is 31.8 Å². The Bertz CT molecular complexity index is 1110. The Morgan fingerprint density at radius 1 is 1.21 bits per heavy atom. The van der Waals surface area contributed by atoms with E-state index in [2.05, 4.69) is 12.6 Å². The van der Waals surface area contributed by atoms with Crippen LogP contribution in [0.3, 0.4) is 0 Å². The van der Waals surface area contributed by atoms with Gasteiger partial charge in [-0.05, 0) is 59.7 Å². The molecule has 28 heavy (non-hydrogen) atoms. The number of nitrogens with zero attached hydrogens (tertiary/aromatic N) is 2. The number of pyridine rings is 1. The van der Waals surface area contributed by atoms with Crippen molar-refractivity contribution >= 4 is 10.9 Å². The summed E-state index contributed by atoms with van der Waals surface area (Å²) in [7, 11) is 1.77. The van der Waals surface area contributed by atoms with Gasteiger partial charge in [0.15, 0.2) is 0 Å². The van der Waals surface area contributed by atoms with Crippen molar-refractivity contribution in [1.29, 1.82) is 5.26 Å². The molecule has 0 aliphatic carbocycles. The summed E-state index contributed by atoms with van der Waals surface area (Å²) in [4.78, 5) is 11.7. The number of benzene rings is 2. The average molecular weight is 372 g/mol. The van der Waals surface area contributed by atoms with Gasteiger partial charge in [0.2, 0.25) is 0 Å². The molecular formula is C24H24N2O2. The van der Waals surface area contributed by atoms with Gasteiger partial charge in [-0.25, -0.2) is 0 Å². The van der Waals surface area contributed by atoms with E-state index in [0.29, 0.717) is 19.4 Å². The van der Waals surface area contributed by atoms with E-state index >= 15 is 0 Å². The molecule has 0 N–H and O–H groups in total. The Labute approximate surface area is 165 Å². The largest absolute Gasteiger partial charge is 0.489 e. The number of hydrogen-bond donors (Lipinski definition) is 0. The fourth-order valence-corrected chi connectivity index (χ4v) is 3.48. The molecule has 0 amide bonds. The third-order valence-electron chi connectivity index (χ3n) is 5.29. The predicted octanol–water partition coefficient (Wildman–Crippen LogP) is 4.86. The van der Waals surface area contributed by atoms with Crippen LogP contribution in [0.4, 0.5) is 0 Å². The second-order valence-electron chi connectivity index (χ2n) is 6.98. The molecule has 4 heteroatoms. The van der Waals surface area contributed by atoms with Gasteiger partial charge in [-0.3, -0.25) is 4.79 Å². The van der Waals surface area contributed by atoms with Crippen LogP contribution in [0.15, 0.2) is 72.0 Å². The number of allylic oxidation sites excluding steroid dienone is 1. The number of aryl methyl sites for hydroxylation is 1. The van der Waals surface area contributed by atoms with Crippen molar-refractivity contribution in [3.8, 4) is 11.8 Å². The van der Waals surface area contributed by atoms with Crippen molar-refractivity contribution in [2.24, 2.45) is 7.05 Å². The van der Waals surface area contributed by atoms with Crippen LogP contribution in [-0.2, 0) is 19.1 Å². The Balaban J connectivity index is 1.83. The topological polar surface area (TPSA) is 55.0 Å². The lowest BCUT2D eigenvalue weighted by molar-refractivity contribution is 0.305. The molecule has 4 nitrogen and oxygen atoms in total. The lowest BCUT2D eigenvalue weighted by atomic mass is 9.77. The molecular weight excluding hydrogens is 348 g/mol. The molecule has 2 aromatic carbocycles. The smallest absolute Gasteiger partial charge is 0.250 e. The van der Waals surface area contributed by atoms with Gasteiger partial charge < -0.3 is 9.30 Å². The highest BCUT2D eigenvalue weighted by Gasteiger charge is 2.29. The van der Waals surface area contributed by atoms with E-state index in [1.807, 2.05) is 55.5 Å². The minimum absolute atomic E-state index is 0.0234. The van der Waals surface area contributed by atoms with Crippen LogP contribution in [0.5, 0.6) is 5.75 Å². The molecule has 1 heterocycles. The summed E-state index contributed by atoms with van der Waals surface area (Å²) < 4.78 is 7.63. The first-order valence-corrected chi connectivity index (χ1v) is 9.37. The van der Waals surface area contributed by atoms with Crippen LogP contribution < -0.4 is 10.3 Å². The van der Waals surface area contributed by atoms with E-state index in [9.17, 15) is 10.1 Å². The minimum Gasteiger partial charge on any atom is -0.489 e. The minimum atomic E-state index is -0.575. The van der Waals surface area contributed by atoms with Crippen molar-refractivity contribution in [1.82, 2.24) is 4.57 Å². The van der Waals surface area contributed by atoms with Crippen LogP contribution in [0, 0.1) is 11.3 Å². The maximum absolute atomic E-state index is 11.7. The standard InChI is InChI=1S/C24H24N2O2/c1-4-13-24(5-2,17-25)20-7-6-8-21(15-20)28-16-18-9-11-22-19(14-18)10-12-23(27)26(22)3/h4,6-12,14-15H,1,5,13,16H2,2-3H3. The number of ether oxygens (including phenoxy) is 1. The van der Waals surface area contributed by atoms with E-state index in [1.165, 1.54) is 0 Å². The molecule has 142 valence electrons. The highest BCUT2D eigenvalue weighted by atomic mass is 16.5. The first-order valence-electron chi connectivity index (χ1n) is 9.37. The molecule has 0 aliphatic rings. The van der Waals surface area contributed by atoms with Crippen molar-refractivity contribution in [3.05, 3.63) is 88.7 Å². The van der Waals surface area contributed by atoms with E-state index in [1.54, 1.807) is 23.8 Å². The molecule has 0 spiro atoms. The van der Waals surface area contributed by atoms with Crippen LogP contribution in [0.25, 0.3) is 10.9 Å². The maximum Gasteiger partial charge on any atom is 0.250 e. The number of hydrogen-bond acceptors (Lipinski definition) is 3. The average Bonchev–Trinajstić information content (AvgIpc) is 2.73. The normalized spacial score (nSPS) is 12.9. The van der Waals surface area contributed by atoms with Gasteiger partial charge in [-0.15, -0.1) is 6.58 Å². The third kappa shape index (κ3) is 3.70. The summed E-state index contributed by atoms with van der Waals surface area (Å²) >= 11 is 0. The molecule has 0 saturated carbocycles. The molecule has 3 rings (SSSR count). The fourth-order valence-electron chi connectivity index (χ4n) is 3.48. The van der Waals surface area contributed by atoms with Gasteiger partial charge in [-0.2, -0.15) is 5.26 Å². The lowest BCUT2D eigenvalue weighted by Crippen LogP contribution is -2.22. The van der Waals surface area contributed by atoms with Crippen LogP contribution >= 0.6 is 0 Å². The molecule has 0 bridgehead atoms. The van der Waals surface area contributed by atoms with E-state index < -0.39 is 5.41 Å². The van der Waals surface area contributed by atoms with E-state index in [-0.39, 0.29) is 5.56 Å². The van der Waals surface area contributed by atoms with Crippen molar-refractivity contribution < 1.29 is 4.74 Å². The number of aromatic nitrogens is 1. The first-order chi connectivity index (χ1) is 13.5. The summed E-state index contributed by atoms with van der Waals surface area (Å²) in [5.74, 6) is 0.732. The van der Waals surface area contributed by atoms with E-state index in [4.69, 9.17) is 4.74 Å². The number of rotatable bonds is 7. The number of fused-ring (bicyclic) bond motifs is 1. The van der Waals surface area contributed by atoms with Gasteiger partial charge in [0, 0.05) is 13.1 Å². The maximum atomic E-state index is 11.7. The lowest BCUT2D eigenvalue weighted by Gasteiger charge is -2.24. The Morgan fingerprint density at radius 2 is 2.04 bits per heavy atom. The zero-order chi connectivity index (χ0) is 20.1. The van der Waals surface area contributed by atoms with Crippen LogP contribution in [-0.4, -0.2) is 4.57 Å². The second kappa shape index (κ2) is 8.14. The molecule has 0 aliphatic heterocycles. The molecule has 0 saturated heterocycles. The zero-order valence-corrected chi connectivity index (χ0v) is 16.3. The SMILES string of the molecule is C=CCC(C#N)(CC)c1cccc(OCc2ccc3c(ccc(=O)n3C)c2)c1. The Hall–Kier alpha value is -3.32. The predicted molar refractivity (Wildman–Crippen MR) is 112 cm³/mol. The summed E-state index contributed by atoms with van der Waals surface area (Å²) in [5, 5.41) is 10.7. The third-order valence-corrected chi connectivity index (χ3v) is 5.29. The van der Waals surface area contributed by atoms with Gasteiger partial charge in [0.1, 0.15) is 12.4 Å². The zero-order valence-electron chi connectivity index (χ0n) is 16.3. The van der Waals surface area contributed by atoms with Crippen molar-refractivity contribution in [2.75, 3.05) is 0 Å². The van der Waals surface area contributed by atoms with E-state index in [0.717, 1.165) is 27.8 Å². The summed E-state index contributed by atoms with van der Waals surface area (Å²) in [5.41, 5.74) is 2.26. The molecule has 1 atom stereocenters. The molecule has 0 radical (unpaired) electrons. The first kappa shape index (κ1) is 19.4. The van der Waals surface area contributed by atoms with Gasteiger partial charge in [0.05, 0.1) is 17.0 Å². The highest BCUT2D eigenvalue weighted by Crippen LogP contribution is 2.33. The van der Waals surface area contributed by atoms with Gasteiger partial charge >= 0.3 is 0 Å². The van der Waals surface area contributed by atoms with Gasteiger partial charge in [0.25, 0.3) is 5.56 Å². The molecule has 3 aromatic rings. The van der Waals surface area contributed by atoms with Crippen LogP contribution in [0.2, 0.25) is 0 Å². The Kier molecular flexibility index (Phi) is 5.65. The molecule has 1 aromatic heterocycles. The second-order valence-corrected chi connectivity index (χ2v) is 6.98. The highest BCUT2D eigenvalue weighted by molar-refractivity contribution is 5.79. The Morgan fingerprint density at radius 3 is 2.75 bits per heavy atom. The monoisotopic (exact) mass is 372 g/mol. The molecule has 0 fully saturated rings. The summed E-state index contributed by atoms with van der Waals surface area (Å²) in [6.07, 6.45) is 3.11. The summed E-state index contributed by atoms with van der Waals surface area (Å²) in [6, 6.07) is 19.5. The fraction of sp³-hybridized carbons (Fsp3) is 0.250. The van der Waals surface area contributed by atoms with Crippen molar-refractivity contribution in [3.63, 3.8) is 0 Å².